The van der Waals surface area contributed by atoms with Crippen molar-refractivity contribution in [1.82, 2.24) is 14.5 Å². The highest BCUT2D eigenvalue weighted by molar-refractivity contribution is 5.59. The number of aromatic nitrogens is 2. The molecule has 0 saturated carbocycles. The van der Waals surface area contributed by atoms with Gasteiger partial charge < -0.3 is 4.74 Å². The van der Waals surface area contributed by atoms with E-state index in [1.165, 1.54) is 5.56 Å². The van der Waals surface area contributed by atoms with Crippen LogP contribution in [0.3, 0.4) is 0 Å². The molecular formula is C25H30N4O2. The average Bonchev–Trinajstić information content (AvgIpc) is 2.79. The van der Waals surface area contributed by atoms with Crippen molar-refractivity contribution in [2.75, 3.05) is 24.7 Å². The molecule has 0 fully saturated rings. The van der Waals surface area contributed by atoms with Crippen LogP contribution in [0.2, 0.25) is 0 Å². The van der Waals surface area contributed by atoms with E-state index >= 15 is 0 Å². The predicted octanol–water partition coefficient (Wildman–Crippen LogP) is 4.12. The van der Waals surface area contributed by atoms with Crippen LogP contribution in [0.5, 0.6) is 5.75 Å². The van der Waals surface area contributed by atoms with Crippen molar-refractivity contribution in [3.05, 3.63) is 81.8 Å². The molecule has 6 heteroatoms. The van der Waals surface area contributed by atoms with E-state index in [0.717, 1.165) is 35.7 Å². The van der Waals surface area contributed by atoms with E-state index in [2.05, 4.69) is 34.1 Å². The lowest BCUT2D eigenvalue weighted by molar-refractivity contribution is 0.200. The lowest BCUT2D eigenvalue weighted by Gasteiger charge is -2.38. The molecule has 1 aliphatic rings. The molecule has 3 aromatic rings. The minimum atomic E-state index is 0.0605. The number of anilines is 2. The van der Waals surface area contributed by atoms with Gasteiger partial charge in [0.25, 0.3) is 5.56 Å². The summed E-state index contributed by atoms with van der Waals surface area (Å²) in [5, 5.41) is 0. The van der Waals surface area contributed by atoms with Crippen molar-refractivity contribution in [2.45, 2.75) is 40.3 Å². The maximum Gasteiger partial charge on any atom is 0.259 e. The van der Waals surface area contributed by atoms with Crippen LogP contribution in [-0.4, -0.2) is 34.3 Å². The average molecular weight is 419 g/mol. The van der Waals surface area contributed by atoms with E-state index in [1.54, 1.807) is 0 Å². The third-order valence-electron chi connectivity index (χ3n) is 5.75. The molecule has 0 amide bonds. The van der Waals surface area contributed by atoms with Crippen molar-refractivity contribution in [3.63, 3.8) is 0 Å². The topological polar surface area (TPSA) is 50.6 Å². The fraction of sp³-hybridized carbons (Fsp3) is 0.360. The number of hydrogen-bond acceptors (Lipinski definition) is 5. The maximum absolute atomic E-state index is 13.3. The molecule has 4 rings (SSSR count). The summed E-state index contributed by atoms with van der Waals surface area (Å²) in [7, 11) is 0. The zero-order chi connectivity index (χ0) is 21.8. The van der Waals surface area contributed by atoms with Gasteiger partial charge in [-0.15, -0.1) is 0 Å². The second kappa shape index (κ2) is 9.35. The summed E-state index contributed by atoms with van der Waals surface area (Å²) in [6.07, 6.45) is 1.62. The van der Waals surface area contributed by atoms with Gasteiger partial charge in [0.05, 0.1) is 19.9 Å². The van der Waals surface area contributed by atoms with Crippen molar-refractivity contribution in [2.24, 2.45) is 0 Å². The van der Waals surface area contributed by atoms with Gasteiger partial charge in [-0.3, -0.25) is 19.2 Å². The Balaban J connectivity index is 1.68. The lowest BCUT2D eigenvalue weighted by Crippen LogP contribution is -2.48. The molecule has 0 aliphatic carbocycles. The predicted molar refractivity (Wildman–Crippen MR) is 124 cm³/mol. The first-order valence-corrected chi connectivity index (χ1v) is 11.0. The number of aryl methyl sites for hydroxylation is 1. The van der Waals surface area contributed by atoms with Crippen molar-refractivity contribution in [1.29, 1.82) is 0 Å². The molecular weight excluding hydrogens is 388 g/mol. The van der Waals surface area contributed by atoms with Gasteiger partial charge in [-0.05, 0) is 56.5 Å². The standard InChI is InChI=1S/C25H30N4O2/c1-4-23-19(3)26-25-28(21-11-13-22(14-12-21)31-5-2)17-27(18-29(25)24(23)30)16-15-20-9-7-6-8-10-20/h6-14H,4-5,15-18H2,1-3H3. The summed E-state index contributed by atoms with van der Waals surface area (Å²) in [5.74, 6) is 1.55. The monoisotopic (exact) mass is 418 g/mol. The molecule has 1 aliphatic heterocycles. The SMILES string of the molecule is CCOc1ccc(N2CN(CCc3ccccc3)Cn3c2nc(C)c(CC)c3=O)cc1. The molecule has 1 aromatic heterocycles. The second-order valence-corrected chi connectivity index (χ2v) is 7.83. The molecule has 0 unspecified atom stereocenters. The largest absolute Gasteiger partial charge is 0.494 e. The summed E-state index contributed by atoms with van der Waals surface area (Å²) in [5.41, 5.74) is 3.96. The van der Waals surface area contributed by atoms with E-state index in [0.29, 0.717) is 32.3 Å². The van der Waals surface area contributed by atoms with Crippen LogP contribution in [0.25, 0.3) is 0 Å². The van der Waals surface area contributed by atoms with Gasteiger partial charge in [0, 0.05) is 23.5 Å². The first kappa shape index (κ1) is 21.1. The number of nitrogens with zero attached hydrogens (tertiary/aromatic N) is 4. The van der Waals surface area contributed by atoms with E-state index in [-0.39, 0.29) is 5.56 Å². The van der Waals surface area contributed by atoms with Gasteiger partial charge in [-0.2, -0.15) is 0 Å². The van der Waals surface area contributed by atoms with Crippen LogP contribution >= 0.6 is 0 Å². The Morgan fingerprint density at radius 1 is 1.00 bits per heavy atom. The Kier molecular flexibility index (Phi) is 6.37. The third kappa shape index (κ3) is 4.49. The fourth-order valence-corrected chi connectivity index (χ4v) is 4.09. The number of ether oxygens (including phenoxy) is 1. The molecule has 0 spiro atoms. The summed E-state index contributed by atoms with van der Waals surface area (Å²) < 4.78 is 7.41. The lowest BCUT2D eigenvalue weighted by atomic mass is 10.1. The number of benzene rings is 2. The highest BCUT2D eigenvalue weighted by Crippen LogP contribution is 2.29. The molecule has 0 atom stereocenters. The first-order chi connectivity index (χ1) is 15.1. The second-order valence-electron chi connectivity index (χ2n) is 7.83. The Morgan fingerprint density at radius 2 is 1.74 bits per heavy atom. The normalized spacial score (nSPS) is 13.8. The molecule has 6 nitrogen and oxygen atoms in total. The summed E-state index contributed by atoms with van der Waals surface area (Å²) >= 11 is 0. The van der Waals surface area contributed by atoms with Crippen LogP contribution in [0.4, 0.5) is 11.6 Å². The first-order valence-electron chi connectivity index (χ1n) is 11.0. The molecule has 0 N–H and O–H groups in total. The quantitative estimate of drug-likeness (QED) is 0.578. The van der Waals surface area contributed by atoms with E-state index < -0.39 is 0 Å². The number of hydrogen-bond donors (Lipinski definition) is 0. The Labute approximate surface area is 183 Å². The fourth-order valence-electron chi connectivity index (χ4n) is 4.09. The summed E-state index contributed by atoms with van der Waals surface area (Å²) in [6, 6.07) is 18.5. The Bertz CT molecular complexity index is 1080. The highest BCUT2D eigenvalue weighted by atomic mass is 16.5. The van der Waals surface area contributed by atoms with Gasteiger partial charge >= 0.3 is 0 Å². The van der Waals surface area contributed by atoms with Crippen molar-refractivity contribution < 1.29 is 4.74 Å². The molecule has 0 bridgehead atoms. The van der Waals surface area contributed by atoms with Crippen LogP contribution in [0.15, 0.2) is 59.4 Å². The van der Waals surface area contributed by atoms with Crippen LogP contribution in [0, 0.1) is 6.92 Å². The van der Waals surface area contributed by atoms with Gasteiger partial charge in [0.2, 0.25) is 5.95 Å². The third-order valence-corrected chi connectivity index (χ3v) is 5.75. The summed E-state index contributed by atoms with van der Waals surface area (Å²) in [4.78, 5) is 22.5. The smallest absolute Gasteiger partial charge is 0.259 e. The van der Waals surface area contributed by atoms with E-state index in [1.807, 2.05) is 55.7 Å². The molecule has 0 saturated heterocycles. The van der Waals surface area contributed by atoms with Gasteiger partial charge in [0.1, 0.15) is 5.75 Å². The minimum absolute atomic E-state index is 0.0605. The number of rotatable bonds is 7. The zero-order valence-corrected chi connectivity index (χ0v) is 18.5. The molecule has 2 heterocycles. The van der Waals surface area contributed by atoms with E-state index in [4.69, 9.17) is 9.72 Å². The Hall–Kier alpha value is -3.12. The van der Waals surface area contributed by atoms with Crippen LogP contribution < -0.4 is 15.2 Å². The van der Waals surface area contributed by atoms with Crippen LogP contribution in [0.1, 0.15) is 30.7 Å². The van der Waals surface area contributed by atoms with Gasteiger partial charge in [-0.25, -0.2) is 4.98 Å². The van der Waals surface area contributed by atoms with Gasteiger partial charge in [-0.1, -0.05) is 37.3 Å². The van der Waals surface area contributed by atoms with Crippen LogP contribution in [-0.2, 0) is 19.5 Å². The molecule has 162 valence electrons. The van der Waals surface area contributed by atoms with E-state index in [9.17, 15) is 4.79 Å². The molecule has 2 aromatic carbocycles. The van der Waals surface area contributed by atoms with Crippen molar-refractivity contribution in [3.8, 4) is 5.75 Å². The number of fused-ring (bicyclic) bond motifs is 1. The summed E-state index contributed by atoms with van der Waals surface area (Å²) in [6.45, 7) is 8.64. The zero-order valence-electron chi connectivity index (χ0n) is 18.5. The molecule has 31 heavy (non-hydrogen) atoms. The minimum Gasteiger partial charge on any atom is -0.494 e. The van der Waals surface area contributed by atoms with Gasteiger partial charge in [0.15, 0.2) is 0 Å². The molecule has 0 radical (unpaired) electrons. The Morgan fingerprint density at radius 3 is 2.42 bits per heavy atom. The highest BCUT2D eigenvalue weighted by Gasteiger charge is 2.27. The maximum atomic E-state index is 13.3. The van der Waals surface area contributed by atoms with Crippen molar-refractivity contribution >= 4 is 11.6 Å².